The minimum Gasteiger partial charge on any atom is -0.354 e. The molecule has 1 aromatic carbocycles. The van der Waals surface area contributed by atoms with Gasteiger partial charge in [0, 0.05) is 18.7 Å². The van der Waals surface area contributed by atoms with Gasteiger partial charge in [-0.3, -0.25) is 28.8 Å². The smallest absolute Gasteiger partial charge is 0.354 e. The molecule has 3 aliphatic rings. The van der Waals surface area contributed by atoms with Crippen molar-refractivity contribution in [2.75, 3.05) is 12.3 Å². The number of benzene rings is 1. The molecule has 2 aromatic heterocycles. The maximum atomic E-state index is 13.1. The van der Waals surface area contributed by atoms with Gasteiger partial charge in [0.05, 0.1) is 42.9 Å². The van der Waals surface area contributed by atoms with Crippen LogP contribution in [0.4, 0.5) is 13.2 Å². The van der Waals surface area contributed by atoms with Crippen LogP contribution >= 0.6 is 11.8 Å². The van der Waals surface area contributed by atoms with Gasteiger partial charge < -0.3 is 5.32 Å². The third-order valence-electron chi connectivity index (χ3n) is 7.83. The van der Waals surface area contributed by atoms with Crippen LogP contribution < -0.4 is 10.9 Å². The topological polar surface area (TPSA) is 114 Å². The highest BCUT2D eigenvalue weighted by molar-refractivity contribution is 8.14. The van der Waals surface area contributed by atoms with Crippen LogP contribution in [0.25, 0.3) is 11.0 Å². The summed E-state index contributed by atoms with van der Waals surface area (Å²) in [5.41, 5.74) is -0.571. The molecular weight excluding hydrogens is 559 g/mol. The molecule has 0 radical (unpaired) electrons. The standard InChI is InChI=1S/C27H28F3N7O3S/c28-27(29,30)17-5-3-4-16(10-17)13-35-15-32-23-20(24(35)39)12-33-36(23)9-8-31-22(38)11-18-14-41-26-34-21-7-2-1-6-19(21)25(40)37(18)26/h3-5,10,12,15,18-19,21H,1-2,6-9,11,13-14H2,(H,31,38). The predicted octanol–water partition coefficient (Wildman–Crippen LogP) is 3.04. The Morgan fingerprint density at radius 1 is 1.17 bits per heavy atom. The summed E-state index contributed by atoms with van der Waals surface area (Å²) in [5.74, 6) is 0.461. The number of halogens is 3. The van der Waals surface area contributed by atoms with Crippen LogP contribution in [-0.4, -0.2) is 65.6 Å². The van der Waals surface area contributed by atoms with Gasteiger partial charge in [0.1, 0.15) is 11.7 Å². The number of carbonyl (C=O) groups is 2. The fourth-order valence-electron chi connectivity index (χ4n) is 5.77. The molecule has 2 aliphatic heterocycles. The Labute approximate surface area is 237 Å². The molecule has 2 fully saturated rings. The molecule has 1 saturated heterocycles. The van der Waals surface area contributed by atoms with Crippen LogP contribution in [0.1, 0.15) is 43.2 Å². The van der Waals surface area contributed by atoms with Crippen molar-refractivity contribution >= 4 is 39.8 Å². The number of aliphatic imine (C=N–C) groups is 1. The number of rotatable bonds is 7. The molecule has 10 nitrogen and oxygen atoms in total. The fraction of sp³-hybridized carbons (Fsp3) is 0.481. The molecule has 1 N–H and O–H groups in total. The van der Waals surface area contributed by atoms with E-state index in [1.807, 2.05) is 0 Å². The lowest BCUT2D eigenvalue weighted by Crippen LogP contribution is -2.51. The number of nitrogens with one attached hydrogen (secondary N) is 1. The van der Waals surface area contributed by atoms with Crippen LogP contribution in [-0.2, 0) is 28.9 Å². The molecule has 216 valence electrons. The monoisotopic (exact) mass is 587 g/mol. The van der Waals surface area contributed by atoms with Gasteiger partial charge in [-0.1, -0.05) is 36.7 Å². The lowest BCUT2D eigenvalue weighted by atomic mass is 9.83. The van der Waals surface area contributed by atoms with Crippen molar-refractivity contribution in [1.29, 1.82) is 0 Å². The number of amides is 2. The van der Waals surface area contributed by atoms with Gasteiger partial charge in [-0.25, -0.2) is 9.67 Å². The van der Waals surface area contributed by atoms with E-state index in [-0.39, 0.29) is 61.3 Å². The first kappa shape index (κ1) is 27.5. The van der Waals surface area contributed by atoms with E-state index in [0.717, 1.165) is 43.0 Å². The quantitative estimate of drug-likeness (QED) is 0.455. The zero-order chi connectivity index (χ0) is 28.7. The SMILES string of the molecule is O=C(CC1CSC2=NC3CCCCC3C(=O)N21)NCCn1ncc2c(=O)n(Cc3cccc(C(F)(F)F)c3)cnc21. The zero-order valence-electron chi connectivity index (χ0n) is 22.0. The molecule has 1 aliphatic carbocycles. The average Bonchev–Trinajstić information content (AvgIpc) is 3.54. The number of aromatic nitrogens is 4. The molecule has 1 saturated carbocycles. The minimum atomic E-state index is -4.48. The minimum absolute atomic E-state index is 0.0697. The molecule has 3 aromatic rings. The van der Waals surface area contributed by atoms with Gasteiger partial charge in [0.2, 0.25) is 11.8 Å². The summed E-state index contributed by atoms with van der Waals surface area (Å²) < 4.78 is 41.9. The number of alkyl halides is 3. The van der Waals surface area contributed by atoms with Crippen LogP contribution in [0, 0.1) is 5.92 Å². The zero-order valence-corrected chi connectivity index (χ0v) is 22.8. The average molecular weight is 588 g/mol. The number of hydrogen-bond donors (Lipinski definition) is 1. The number of hydrogen-bond acceptors (Lipinski definition) is 7. The van der Waals surface area contributed by atoms with Crippen molar-refractivity contribution in [3.8, 4) is 0 Å². The summed E-state index contributed by atoms with van der Waals surface area (Å²) in [7, 11) is 0. The largest absolute Gasteiger partial charge is 0.416 e. The molecule has 4 heterocycles. The molecule has 6 rings (SSSR count). The summed E-state index contributed by atoms with van der Waals surface area (Å²) in [6.45, 7) is 0.432. The first-order valence-corrected chi connectivity index (χ1v) is 14.5. The summed E-state index contributed by atoms with van der Waals surface area (Å²) >= 11 is 1.53. The highest BCUT2D eigenvalue weighted by Crippen LogP contribution is 2.38. The summed E-state index contributed by atoms with van der Waals surface area (Å²) in [4.78, 5) is 49.7. The van der Waals surface area contributed by atoms with Crippen molar-refractivity contribution in [1.82, 2.24) is 29.5 Å². The van der Waals surface area contributed by atoms with Crippen LogP contribution in [0.3, 0.4) is 0 Å². The number of thioether (sulfide) groups is 1. The number of carbonyl (C=O) groups excluding carboxylic acids is 2. The number of nitrogens with zero attached hydrogens (tertiary/aromatic N) is 6. The van der Waals surface area contributed by atoms with Gasteiger partial charge in [0.25, 0.3) is 5.56 Å². The molecular formula is C27H28F3N7O3S. The molecule has 2 amide bonds. The lowest BCUT2D eigenvalue weighted by molar-refractivity contribution is -0.138. The van der Waals surface area contributed by atoms with E-state index in [9.17, 15) is 27.6 Å². The van der Waals surface area contributed by atoms with Crippen LogP contribution in [0.15, 0.2) is 46.6 Å². The van der Waals surface area contributed by atoms with E-state index in [1.54, 1.807) is 4.90 Å². The Hall–Kier alpha value is -3.68. The van der Waals surface area contributed by atoms with Crippen molar-refractivity contribution in [3.63, 3.8) is 0 Å². The highest BCUT2D eigenvalue weighted by atomic mass is 32.2. The first-order valence-electron chi connectivity index (χ1n) is 13.6. The summed E-state index contributed by atoms with van der Waals surface area (Å²) in [5, 5.41) is 8.05. The van der Waals surface area contributed by atoms with Gasteiger partial charge in [0.15, 0.2) is 10.8 Å². The molecule has 3 atom stereocenters. The number of amidine groups is 1. The van der Waals surface area contributed by atoms with Gasteiger partial charge in [-0.05, 0) is 30.5 Å². The second kappa shape index (κ2) is 11.0. The normalized spacial score (nSPS) is 22.4. The number of fused-ring (bicyclic) bond motifs is 3. The van der Waals surface area contributed by atoms with Crippen LogP contribution in [0.2, 0.25) is 0 Å². The molecule has 14 heteroatoms. The highest BCUT2D eigenvalue weighted by Gasteiger charge is 2.46. The van der Waals surface area contributed by atoms with Gasteiger partial charge in [-0.2, -0.15) is 18.3 Å². The van der Waals surface area contributed by atoms with E-state index in [1.165, 1.54) is 45.7 Å². The third kappa shape index (κ3) is 5.48. The predicted molar refractivity (Wildman–Crippen MR) is 146 cm³/mol. The van der Waals surface area contributed by atoms with E-state index in [0.29, 0.717) is 17.0 Å². The van der Waals surface area contributed by atoms with Gasteiger partial charge in [-0.15, -0.1) is 0 Å². The lowest BCUT2D eigenvalue weighted by Gasteiger charge is -2.37. The second-order valence-corrected chi connectivity index (χ2v) is 11.6. The van der Waals surface area contributed by atoms with Gasteiger partial charge >= 0.3 is 6.18 Å². The van der Waals surface area contributed by atoms with E-state index >= 15 is 0 Å². The maximum absolute atomic E-state index is 13.1. The molecule has 3 unspecified atom stereocenters. The molecule has 41 heavy (non-hydrogen) atoms. The molecule has 0 spiro atoms. The Balaban J connectivity index is 1.06. The second-order valence-electron chi connectivity index (χ2n) is 10.6. The third-order valence-corrected chi connectivity index (χ3v) is 8.94. The van der Waals surface area contributed by atoms with Crippen molar-refractivity contribution in [2.24, 2.45) is 10.9 Å². The Bertz CT molecular complexity index is 1580. The van der Waals surface area contributed by atoms with Crippen molar-refractivity contribution in [2.45, 2.75) is 63.5 Å². The Morgan fingerprint density at radius 3 is 2.83 bits per heavy atom. The van der Waals surface area contributed by atoms with E-state index in [4.69, 9.17) is 4.99 Å². The van der Waals surface area contributed by atoms with E-state index < -0.39 is 17.3 Å². The van der Waals surface area contributed by atoms with Crippen molar-refractivity contribution < 1.29 is 22.8 Å². The van der Waals surface area contributed by atoms with Crippen molar-refractivity contribution in [3.05, 3.63) is 58.3 Å². The van der Waals surface area contributed by atoms with E-state index in [2.05, 4.69) is 15.4 Å². The fourth-order valence-corrected chi connectivity index (χ4v) is 6.97. The summed E-state index contributed by atoms with van der Waals surface area (Å²) in [6, 6.07) is 4.66. The summed E-state index contributed by atoms with van der Waals surface area (Å²) in [6.07, 6.45) is 2.27. The van der Waals surface area contributed by atoms with Crippen LogP contribution in [0.5, 0.6) is 0 Å². The first-order chi connectivity index (χ1) is 19.7. The Morgan fingerprint density at radius 2 is 2.00 bits per heavy atom. The maximum Gasteiger partial charge on any atom is 0.416 e. The Kier molecular flexibility index (Phi) is 7.34. The molecule has 0 bridgehead atoms.